The molecule has 2 rings (SSSR count). The molecule has 0 aliphatic heterocycles. The number of rotatable bonds is 2. The summed E-state index contributed by atoms with van der Waals surface area (Å²) in [6.45, 7) is 0. The molecule has 0 aromatic heterocycles. The number of hydrogen-bond donors (Lipinski definition) is 1. The Morgan fingerprint density at radius 2 is 1.84 bits per heavy atom. The van der Waals surface area contributed by atoms with Gasteiger partial charge in [-0.05, 0) is 24.7 Å². The fraction of sp³-hybridized carbons (Fsp3) is 0.833. The zero-order valence-corrected chi connectivity index (χ0v) is 11.1. The molecule has 0 spiro atoms. The lowest BCUT2D eigenvalue weighted by Crippen LogP contribution is -2.44. The van der Waals surface area contributed by atoms with Gasteiger partial charge in [0.2, 0.25) is 0 Å². The van der Waals surface area contributed by atoms with Gasteiger partial charge < -0.3 is 0 Å². The van der Waals surface area contributed by atoms with Crippen LogP contribution in [0.3, 0.4) is 0 Å². The number of nitrogens with one attached hydrogen (secondary N) is 1. The molecule has 19 heavy (non-hydrogen) atoms. The van der Waals surface area contributed by atoms with Crippen LogP contribution in [0.2, 0.25) is 0 Å². The molecule has 0 aromatic carbocycles. The van der Waals surface area contributed by atoms with Gasteiger partial charge in [-0.3, -0.25) is 0 Å². The minimum atomic E-state index is -5.31. The lowest BCUT2D eigenvalue weighted by atomic mass is 9.78. The van der Waals surface area contributed by atoms with Gasteiger partial charge in [0.15, 0.2) is 0 Å². The number of terminal acetylenes is 1. The summed E-state index contributed by atoms with van der Waals surface area (Å²) in [5.74, 6) is 2.46. The predicted molar refractivity (Wildman–Crippen MR) is 64.3 cm³/mol. The summed E-state index contributed by atoms with van der Waals surface area (Å²) in [5.41, 5.74) is -5.28. The van der Waals surface area contributed by atoms with Gasteiger partial charge in [0.25, 0.3) is 0 Å². The first-order chi connectivity index (χ1) is 8.76. The number of halogens is 3. The van der Waals surface area contributed by atoms with Crippen LogP contribution in [0.4, 0.5) is 13.2 Å². The highest BCUT2D eigenvalue weighted by Crippen LogP contribution is 2.46. The van der Waals surface area contributed by atoms with E-state index in [0.29, 0.717) is 6.42 Å². The highest BCUT2D eigenvalue weighted by Gasteiger charge is 2.51. The number of fused-ring (bicyclic) bond motifs is 1. The molecule has 0 aromatic rings. The van der Waals surface area contributed by atoms with Crippen molar-refractivity contribution in [2.24, 2.45) is 17.8 Å². The monoisotopic (exact) mass is 295 g/mol. The molecule has 4 atom stereocenters. The Hall–Kier alpha value is -0.740. The Balaban J connectivity index is 2.15. The van der Waals surface area contributed by atoms with Crippen LogP contribution >= 0.6 is 0 Å². The highest BCUT2D eigenvalue weighted by atomic mass is 32.2. The smallest absolute Gasteiger partial charge is 0.203 e. The van der Waals surface area contributed by atoms with E-state index in [1.807, 2.05) is 0 Å². The van der Waals surface area contributed by atoms with Crippen molar-refractivity contribution < 1.29 is 21.6 Å². The van der Waals surface area contributed by atoms with Crippen LogP contribution in [-0.2, 0) is 10.0 Å². The van der Waals surface area contributed by atoms with Gasteiger partial charge >= 0.3 is 15.5 Å². The zero-order valence-electron chi connectivity index (χ0n) is 10.3. The van der Waals surface area contributed by atoms with E-state index >= 15 is 0 Å². The quantitative estimate of drug-likeness (QED) is 0.794. The predicted octanol–water partition coefficient (Wildman–Crippen LogP) is 2.25. The third kappa shape index (κ3) is 2.75. The van der Waals surface area contributed by atoms with E-state index in [0.717, 1.165) is 25.7 Å². The second kappa shape index (κ2) is 4.98. The molecule has 0 radical (unpaired) electrons. The van der Waals surface area contributed by atoms with Crippen molar-refractivity contribution in [2.45, 2.75) is 43.7 Å². The molecule has 108 valence electrons. The number of hydrogen-bond acceptors (Lipinski definition) is 2. The molecule has 7 heteroatoms. The Kier molecular flexibility index (Phi) is 3.85. The molecule has 2 saturated carbocycles. The second-order valence-electron chi connectivity index (χ2n) is 5.31. The highest BCUT2D eigenvalue weighted by molar-refractivity contribution is 7.90. The average molecular weight is 295 g/mol. The summed E-state index contributed by atoms with van der Waals surface area (Å²) in [6.07, 6.45) is 9.66. The fourth-order valence-corrected chi connectivity index (χ4v) is 4.18. The summed E-state index contributed by atoms with van der Waals surface area (Å²) < 4.78 is 61.3. The second-order valence-corrected chi connectivity index (χ2v) is 7.02. The largest absolute Gasteiger partial charge is 0.511 e. The van der Waals surface area contributed by atoms with Gasteiger partial charge in [-0.15, -0.1) is 12.3 Å². The number of alkyl halides is 3. The van der Waals surface area contributed by atoms with E-state index in [2.05, 4.69) is 5.92 Å². The van der Waals surface area contributed by atoms with Gasteiger partial charge in [0.05, 0.1) is 0 Å². The molecule has 2 aliphatic rings. The maximum atomic E-state index is 12.4. The molecular weight excluding hydrogens is 279 g/mol. The summed E-state index contributed by atoms with van der Waals surface area (Å²) in [6, 6.07) is -0.787. The summed E-state index contributed by atoms with van der Waals surface area (Å²) in [7, 11) is -5.31. The first kappa shape index (κ1) is 14.7. The van der Waals surface area contributed by atoms with E-state index in [-0.39, 0.29) is 11.8 Å². The van der Waals surface area contributed by atoms with E-state index in [9.17, 15) is 21.6 Å². The van der Waals surface area contributed by atoms with Crippen molar-refractivity contribution in [2.75, 3.05) is 0 Å². The van der Waals surface area contributed by atoms with Crippen LogP contribution in [0.1, 0.15) is 32.1 Å². The SMILES string of the molecule is C#C[C@@H]1[C@H]2CCCC[C@@H]2C[C@@H]1NS(=O)(=O)C(F)(F)F. The molecular formula is C12H16F3NO2S. The Labute approximate surface area is 111 Å². The van der Waals surface area contributed by atoms with Crippen molar-refractivity contribution in [3.63, 3.8) is 0 Å². The molecule has 0 bridgehead atoms. The summed E-state index contributed by atoms with van der Waals surface area (Å²) in [5, 5.41) is 0. The van der Waals surface area contributed by atoms with E-state index in [1.165, 1.54) is 0 Å². The van der Waals surface area contributed by atoms with Crippen LogP contribution in [0.5, 0.6) is 0 Å². The van der Waals surface area contributed by atoms with E-state index in [1.54, 1.807) is 4.72 Å². The van der Waals surface area contributed by atoms with Gasteiger partial charge in [-0.2, -0.15) is 13.2 Å². The average Bonchev–Trinajstić information content (AvgIpc) is 2.63. The van der Waals surface area contributed by atoms with Crippen molar-refractivity contribution in [1.29, 1.82) is 0 Å². The molecule has 1 N–H and O–H groups in total. The fourth-order valence-electron chi connectivity index (χ4n) is 3.40. The lowest BCUT2D eigenvalue weighted by Gasteiger charge is -2.27. The van der Waals surface area contributed by atoms with Crippen LogP contribution < -0.4 is 4.72 Å². The Bertz CT molecular complexity index is 480. The third-order valence-electron chi connectivity index (χ3n) is 4.22. The molecule has 0 heterocycles. The maximum Gasteiger partial charge on any atom is 0.511 e. The van der Waals surface area contributed by atoms with Crippen molar-refractivity contribution in [3.8, 4) is 12.3 Å². The van der Waals surface area contributed by atoms with Gasteiger partial charge in [0, 0.05) is 12.0 Å². The zero-order chi connectivity index (χ0) is 14.3. The Morgan fingerprint density at radius 1 is 1.21 bits per heavy atom. The topological polar surface area (TPSA) is 46.2 Å². The summed E-state index contributed by atoms with van der Waals surface area (Å²) >= 11 is 0. The third-order valence-corrected chi connectivity index (χ3v) is 5.45. The van der Waals surface area contributed by atoms with Gasteiger partial charge in [-0.1, -0.05) is 19.3 Å². The van der Waals surface area contributed by atoms with Crippen molar-refractivity contribution in [1.82, 2.24) is 4.72 Å². The maximum absolute atomic E-state index is 12.4. The normalized spacial score (nSPS) is 35.7. The first-order valence-electron chi connectivity index (χ1n) is 6.31. The van der Waals surface area contributed by atoms with Crippen LogP contribution in [0.15, 0.2) is 0 Å². The minimum Gasteiger partial charge on any atom is -0.203 e. The van der Waals surface area contributed by atoms with E-state index < -0.39 is 27.5 Å². The standard InChI is InChI=1S/C12H16F3NO2S/c1-2-9-10-6-4-3-5-8(10)7-11(9)16-19(17,18)12(13,14)15/h1,8-11,16H,3-7H2/t8-,9-,10+,11+/m1/s1. The van der Waals surface area contributed by atoms with Crippen LogP contribution in [0.25, 0.3) is 0 Å². The molecule has 2 aliphatic carbocycles. The van der Waals surface area contributed by atoms with Gasteiger partial charge in [-0.25, -0.2) is 13.1 Å². The van der Waals surface area contributed by atoms with E-state index in [4.69, 9.17) is 6.42 Å². The van der Waals surface area contributed by atoms with Crippen LogP contribution in [0, 0.1) is 30.1 Å². The molecule has 0 unspecified atom stereocenters. The van der Waals surface area contributed by atoms with Crippen molar-refractivity contribution >= 4 is 10.0 Å². The first-order valence-corrected chi connectivity index (χ1v) is 7.79. The minimum absolute atomic E-state index is 0.152. The van der Waals surface area contributed by atoms with Crippen molar-refractivity contribution in [3.05, 3.63) is 0 Å². The van der Waals surface area contributed by atoms with Crippen LogP contribution in [-0.4, -0.2) is 20.0 Å². The molecule has 3 nitrogen and oxygen atoms in total. The summed E-state index contributed by atoms with van der Waals surface area (Å²) in [4.78, 5) is 0. The molecule has 0 saturated heterocycles. The molecule has 0 amide bonds. The Morgan fingerprint density at radius 3 is 2.42 bits per heavy atom. The lowest BCUT2D eigenvalue weighted by molar-refractivity contribution is -0.0451. The number of sulfonamides is 1. The molecule has 2 fully saturated rings. The van der Waals surface area contributed by atoms with Gasteiger partial charge in [0.1, 0.15) is 0 Å².